The van der Waals surface area contributed by atoms with Gasteiger partial charge in [-0.25, -0.2) is 19.4 Å². The molecule has 0 radical (unpaired) electrons. The highest BCUT2D eigenvalue weighted by atomic mass is 19.1. The molecule has 8 nitrogen and oxygen atoms in total. The Hall–Kier alpha value is -3.88. The van der Waals surface area contributed by atoms with Crippen molar-refractivity contribution in [3.8, 4) is 22.9 Å². The van der Waals surface area contributed by atoms with E-state index in [1.807, 2.05) is 19.0 Å². The van der Waals surface area contributed by atoms with Crippen molar-refractivity contribution < 1.29 is 8.91 Å². The molecule has 3 aromatic heterocycles. The Kier molecular flexibility index (Phi) is 5.10. The maximum Gasteiger partial charge on any atom is 0.180 e. The highest BCUT2D eigenvalue weighted by molar-refractivity contribution is 5.63. The Morgan fingerprint density at radius 3 is 2.62 bits per heavy atom. The van der Waals surface area contributed by atoms with E-state index >= 15 is 0 Å². The van der Waals surface area contributed by atoms with E-state index in [-0.39, 0.29) is 12.4 Å². The van der Waals surface area contributed by atoms with Crippen molar-refractivity contribution in [2.45, 2.75) is 6.54 Å². The molecule has 1 aromatic carbocycles. The molecule has 9 heteroatoms. The van der Waals surface area contributed by atoms with Gasteiger partial charge in [-0.2, -0.15) is 5.10 Å². The molecule has 146 valence electrons. The molecule has 0 N–H and O–H groups in total. The summed E-state index contributed by atoms with van der Waals surface area (Å²) in [5, 5.41) is 8.55. The lowest BCUT2D eigenvalue weighted by Gasteiger charge is -2.06. The van der Waals surface area contributed by atoms with Crippen molar-refractivity contribution >= 4 is 12.0 Å². The van der Waals surface area contributed by atoms with Crippen molar-refractivity contribution in [1.82, 2.24) is 29.8 Å². The molecular weight excluding hydrogens is 373 g/mol. The van der Waals surface area contributed by atoms with Crippen LogP contribution >= 0.6 is 0 Å². The van der Waals surface area contributed by atoms with Gasteiger partial charge in [0.25, 0.3) is 0 Å². The molecule has 0 aliphatic carbocycles. The lowest BCUT2D eigenvalue weighted by Crippen LogP contribution is -2.07. The molecule has 0 aliphatic rings. The van der Waals surface area contributed by atoms with Crippen molar-refractivity contribution in [2.24, 2.45) is 4.99 Å². The van der Waals surface area contributed by atoms with E-state index in [0.29, 0.717) is 34.2 Å². The Balaban J connectivity index is 1.69. The van der Waals surface area contributed by atoms with Gasteiger partial charge in [0, 0.05) is 25.7 Å². The van der Waals surface area contributed by atoms with Crippen LogP contribution in [-0.4, -0.2) is 50.2 Å². The molecule has 0 atom stereocenters. The third-order valence-electron chi connectivity index (χ3n) is 4.06. The number of nitrogens with zero attached hydrogens (tertiary/aromatic N) is 7. The van der Waals surface area contributed by atoms with Crippen molar-refractivity contribution in [3.05, 3.63) is 66.4 Å². The van der Waals surface area contributed by atoms with E-state index < -0.39 is 0 Å². The first kappa shape index (κ1) is 18.5. The Morgan fingerprint density at radius 2 is 1.93 bits per heavy atom. The molecule has 3 heterocycles. The molecule has 4 aromatic rings. The first-order valence-corrected chi connectivity index (χ1v) is 8.85. The molecular formula is C20H18FN7O. The second kappa shape index (κ2) is 8.01. The highest BCUT2D eigenvalue weighted by Crippen LogP contribution is 2.25. The summed E-state index contributed by atoms with van der Waals surface area (Å²) in [6.45, 7) is 0.236. The van der Waals surface area contributed by atoms with Gasteiger partial charge in [0.1, 0.15) is 29.2 Å². The van der Waals surface area contributed by atoms with Crippen LogP contribution in [0.1, 0.15) is 5.56 Å². The van der Waals surface area contributed by atoms with Crippen LogP contribution in [0.5, 0.6) is 0 Å². The van der Waals surface area contributed by atoms with Gasteiger partial charge in [0.2, 0.25) is 0 Å². The number of benzene rings is 1. The van der Waals surface area contributed by atoms with Crippen LogP contribution in [0.2, 0.25) is 0 Å². The summed E-state index contributed by atoms with van der Waals surface area (Å²) in [7, 11) is 3.76. The average molecular weight is 391 g/mol. The number of rotatable bonds is 6. The molecule has 0 saturated carbocycles. The summed E-state index contributed by atoms with van der Waals surface area (Å²) in [5.41, 5.74) is 2.95. The fourth-order valence-corrected chi connectivity index (χ4v) is 2.69. The van der Waals surface area contributed by atoms with E-state index in [0.717, 1.165) is 0 Å². The lowest BCUT2D eigenvalue weighted by atomic mass is 10.2. The normalized spacial score (nSPS) is 11.3. The van der Waals surface area contributed by atoms with Crippen molar-refractivity contribution in [1.29, 1.82) is 0 Å². The maximum atomic E-state index is 14.1. The minimum atomic E-state index is -0.296. The lowest BCUT2D eigenvalue weighted by molar-refractivity contribution is 0.421. The number of hydrogen-bond acceptors (Lipinski definition) is 6. The molecule has 0 fully saturated rings. The third kappa shape index (κ3) is 4.18. The number of aromatic nitrogens is 5. The fourth-order valence-electron chi connectivity index (χ4n) is 2.69. The standard InChI is InChI=1S/C20H18FN7O/c1-27(2)13-24-15-10-22-20(23-11-15)18-9-19(17-7-8-29-26-17)28(25-18)12-14-5-3-4-6-16(14)21/h3-11,13H,12H2,1-2H3/b24-13-. The number of hydrogen-bond donors (Lipinski definition) is 0. The number of aliphatic imine (C=N–C) groups is 1. The van der Waals surface area contributed by atoms with Gasteiger partial charge in [-0.15, -0.1) is 0 Å². The van der Waals surface area contributed by atoms with Crippen LogP contribution in [-0.2, 0) is 6.54 Å². The SMILES string of the molecule is CN(C)/C=N\c1cnc(-c2cc(-c3ccon3)n(Cc3ccccc3F)n2)nc1. The average Bonchev–Trinajstić information content (AvgIpc) is 3.38. The zero-order chi connectivity index (χ0) is 20.2. The van der Waals surface area contributed by atoms with E-state index in [1.165, 1.54) is 12.3 Å². The highest BCUT2D eigenvalue weighted by Gasteiger charge is 2.16. The van der Waals surface area contributed by atoms with E-state index in [9.17, 15) is 4.39 Å². The molecule has 4 rings (SSSR count). The molecule has 0 unspecified atom stereocenters. The smallest absolute Gasteiger partial charge is 0.180 e. The van der Waals surface area contributed by atoms with Crippen LogP contribution in [0.15, 0.2) is 64.6 Å². The Labute approximate surface area is 166 Å². The third-order valence-corrected chi connectivity index (χ3v) is 4.06. The van der Waals surface area contributed by atoms with Crippen LogP contribution in [0, 0.1) is 5.82 Å². The fraction of sp³-hybridized carbons (Fsp3) is 0.150. The van der Waals surface area contributed by atoms with Gasteiger partial charge in [-0.05, 0) is 12.1 Å². The zero-order valence-electron chi connectivity index (χ0n) is 15.9. The minimum Gasteiger partial charge on any atom is -0.369 e. The van der Waals surface area contributed by atoms with E-state index in [2.05, 4.69) is 25.2 Å². The summed E-state index contributed by atoms with van der Waals surface area (Å²) in [4.78, 5) is 14.8. The van der Waals surface area contributed by atoms with Crippen LogP contribution < -0.4 is 0 Å². The number of halogens is 1. The summed E-state index contributed by atoms with van der Waals surface area (Å²) < 4.78 is 20.8. The second-order valence-electron chi connectivity index (χ2n) is 6.52. The quantitative estimate of drug-likeness (QED) is 0.370. The second-order valence-corrected chi connectivity index (χ2v) is 6.52. The van der Waals surface area contributed by atoms with Gasteiger partial charge >= 0.3 is 0 Å². The Morgan fingerprint density at radius 1 is 1.14 bits per heavy atom. The van der Waals surface area contributed by atoms with Crippen LogP contribution in [0.3, 0.4) is 0 Å². The van der Waals surface area contributed by atoms with E-state index in [1.54, 1.807) is 53.7 Å². The maximum absolute atomic E-state index is 14.1. The first-order chi connectivity index (χ1) is 14.1. The van der Waals surface area contributed by atoms with Gasteiger partial charge in [0.05, 0.1) is 31.0 Å². The van der Waals surface area contributed by atoms with E-state index in [4.69, 9.17) is 4.52 Å². The largest absolute Gasteiger partial charge is 0.369 e. The topological polar surface area (TPSA) is 85.2 Å². The molecule has 0 aliphatic heterocycles. The summed E-state index contributed by atoms with van der Waals surface area (Å²) in [5.74, 6) is 0.140. The first-order valence-electron chi connectivity index (χ1n) is 8.85. The monoisotopic (exact) mass is 391 g/mol. The Bertz CT molecular complexity index is 1120. The van der Waals surface area contributed by atoms with Gasteiger partial charge in [-0.3, -0.25) is 4.68 Å². The molecule has 0 bridgehead atoms. The summed E-state index contributed by atoms with van der Waals surface area (Å²) >= 11 is 0. The predicted octanol–water partition coefficient (Wildman–Crippen LogP) is 3.40. The van der Waals surface area contributed by atoms with Gasteiger partial charge in [-0.1, -0.05) is 23.4 Å². The minimum absolute atomic E-state index is 0.236. The molecule has 29 heavy (non-hydrogen) atoms. The summed E-state index contributed by atoms with van der Waals surface area (Å²) in [6, 6.07) is 10.1. The predicted molar refractivity (Wildman–Crippen MR) is 106 cm³/mol. The van der Waals surface area contributed by atoms with Crippen molar-refractivity contribution in [3.63, 3.8) is 0 Å². The van der Waals surface area contributed by atoms with Gasteiger partial charge < -0.3 is 9.42 Å². The molecule has 0 saturated heterocycles. The molecule has 0 amide bonds. The zero-order valence-corrected chi connectivity index (χ0v) is 15.9. The van der Waals surface area contributed by atoms with Crippen molar-refractivity contribution in [2.75, 3.05) is 14.1 Å². The van der Waals surface area contributed by atoms with Crippen LogP contribution in [0.4, 0.5) is 10.1 Å². The van der Waals surface area contributed by atoms with Crippen LogP contribution in [0.25, 0.3) is 22.9 Å². The molecule has 0 spiro atoms. The summed E-state index contributed by atoms with van der Waals surface area (Å²) in [6.07, 6.45) is 6.38. The van der Waals surface area contributed by atoms with Gasteiger partial charge in [0.15, 0.2) is 5.82 Å².